The minimum absolute atomic E-state index is 0.0867. The fourth-order valence-electron chi connectivity index (χ4n) is 2.70. The number of amides is 2. The van der Waals surface area contributed by atoms with Gasteiger partial charge in [-0.2, -0.15) is 0 Å². The van der Waals surface area contributed by atoms with Crippen LogP contribution in [0.2, 0.25) is 0 Å². The maximum atomic E-state index is 13.7. The highest BCUT2D eigenvalue weighted by Crippen LogP contribution is 2.18. The minimum atomic E-state index is -0.838. The van der Waals surface area contributed by atoms with Crippen LogP contribution in [0.1, 0.15) is 12.5 Å². The highest BCUT2D eigenvalue weighted by atomic mass is 19.1. The van der Waals surface area contributed by atoms with E-state index in [2.05, 4.69) is 10.6 Å². The fourth-order valence-corrected chi connectivity index (χ4v) is 2.70. The van der Waals surface area contributed by atoms with E-state index < -0.39 is 23.6 Å². The molecule has 2 amide bonds. The largest absolute Gasteiger partial charge is 0.448 e. The predicted molar refractivity (Wildman–Crippen MR) is 96.3 cm³/mol. The van der Waals surface area contributed by atoms with Gasteiger partial charge in [0.1, 0.15) is 24.3 Å². The molecule has 2 aromatic carbocycles. The summed E-state index contributed by atoms with van der Waals surface area (Å²) in [5.41, 5.74) is 1.48. The average Bonchev–Trinajstić information content (AvgIpc) is 3.02. The molecule has 1 heterocycles. The number of nitrogens with one attached hydrogen (secondary N) is 2. The molecule has 0 aromatic heterocycles. The van der Waals surface area contributed by atoms with Crippen LogP contribution < -0.4 is 10.6 Å². The number of hydrogen-bond donors (Lipinski definition) is 2. The summed E-state index contributed by atoms with van der Waals surface area (Å²) in [5.74, 6) is -2.01. The summed E-state index contributed by atoms with van der Waals surface area (Å²) >= 11 is 0. The number of rotatable bonds is 6. The van der Waals surface area contributed by atoms with Crippen molar-refractivity contribution in [1.82, 2.24) is 4.90 Å². The van der Waals surface area contributed by atoms with Crippen LogP contribution in [0.15, 0.2) is 42.5 Å². The molecular formula is C19H19F2N3O3. The molecule has 27 heavy (non-hydrogen) atoms. The van der Waals surface area contributed by atoms with Crippen molar-refractivity contribution < 1.29 is 23.1 Å². The van der Waals surface area contributed by atoms with Gasteiger partial charge in [-0.05, 0) is 36.8 Å². The van der Waals surface area contributed by atoms with E-state index in [-0.39, 0.29) is 11.8 Å². The Labute approximate surface area is 155 Å². The lowest BCUT2D eigenvalue weighted by molar-refractivity contribution is -0.116. The molecule has 142 valence electrons. The van der Waals surface area contributed by atoms with Crippen LogP contribution in [-0.4, -0.2) is 36.1 Å². The third-order valence-corrected chi connectivity index (χ3v) is 4.11. The summed E-state index contributed by atoms with van der Waals surface area (Å²) in [4.78, 5) is 25.4. The monoisotopic (exact) mass is 375 g/mol. The second kappa shape index (κ2) is 8.03. The molecule has 2 aromatic rings. The second-order valence-electron chi connectivity index (χ2n) is 6.22. The quantitative estimate of drug-likeness (QED) is 0.812. The maximum Gasteiger partial charge on any atom is 0.410 e. The number of anilines is 2. The fraction of sp³-hybridized carbons (Fsp3) is 0.263. The molecule has 0 radical (unpaired) electrons. The number of carbonyl (C=O) groups excluding carboxylic acids is 2. The molecule has 8 heteroatoms. The lowest BCUT2D eigenvalue weighted by Gasteiger charge is -2.17. The number of nitrogens with zero attached hydrogens (tertiary/aromatic N) is 1. The van der Waals surface area contributed by atoms with Crippen LogP contribution in [0.3, 0.4) is 0 Å². The Balaban J connectivity index is 1.61. The van der Waals surface area contributed by atoms with Crippen LogP contribution in [0.5, 0.6) is 0 Å². The van der Waals surface area contributed by atoms with Crippen LogP contribution in [0.4, 0.5) is 25.0 Å². The lowest BCUT2D eigenvalue weighted by atomic mass is 10.1. The number of halogens is 2. The van der Waals surface area contributed by atoms with Gasteiger partial charge in [-0.1, -0.05) is 12.1 Å². The van der Waals surface area contributed by atoms with Crippen molar-refractivity contribution in [3.63, 3.8) is 0 Å². The molecule has 1 saturated heterocycles. The zero-order chi connectivity index (χ0) is 19.4. The van der Waals surface area contributed by atoms with Gasteiger partial charge >= 0.3 is 6.09 Å². The molecule has 1 aliphatic rings. The summed E-state index contributed by atoms with van der Waals surface area (Å²) in [7, 11) is 0. The molecule has 0 spiro atoms. The van der Waals surface area contributed by atoms with Gasteiger partial charge in [-0.25, -0.2) is 13.6 Å². The molecule has 2 N–H and O–H groups in total. The van der Waals surface area contributed by atoms with Crippen molar-refractivity contribution in [3.8, 4) is 0 Å². The van der Waals surface area contributed by atoms with Crippen molar-refractivity contribution in [3.05, 3.63) is 59.7 Å². The number of carbonyl (C=O) groups is 2. The van der Waals surface area contributed by atoms with Gasteiger partial charge in [0.2, 0.25) is 5.91 Å². The lowest BCUT2D eigenvalue weighted by Crippen LogP contribution is -2.32. The Hall–Kier alpha value is -3.16. The molecule has 1 fully saturated rings. The van der Waals surface area contributed by atoms with Crippen LogP contribution in [0, 0.1) is 11.6 Å². The number of cyclic esters (lactones) is 1. The Bertz CT molecular complexity index is 860. The molecule has 6 nitrogen and oxygen atoms in total. The molecule has 0 unspecified atom stereocenters. The highest BCUT2D eigenvalue weighted by Gasteiger charge is 2.22. The van der Waals surface area contributed by atoms with Gasteiger partial charge in [0.25, 0.3) is 0 Å². The third-order valence-electron chi connectivity index (χ3n) is 4.11. The van der Waals surface area contributed by atoms with Gasteiger partial charge < -0.3 is 20.3 Å². The number of hydrogen-bond acceptors (Lipinski definition) is 4. The molecule has 1 atom stereocenters. The van der Waals surface area contributed by atoms with E-state index >= 15 is 0 Å². The standard InChI is InChI=1S/C19H19F2N3O3/c1-12(18(25)23-17-6-5-14(20)10-16(17)21)22-15-4-2-3-13(9-15)11-24-7-8-27-19(24)26/h2-6,9-10,12,22H,7-8,11H2,1H3,(H,23,25)/t12-/m0/s1. The minimum Gasteiger partial charge on any atom is -0.448 e. The smallest absolute Gasteiger partial charge is 0.410 e. The van der Waals surface area contributed by atoms with Gasteiger partial charge in [-0.15, -0.1) is 0 Å². The first-order chi connectivity index (χ1) is 12.9. The van der Waals surface area contributed by atoms with Crippen molar-refractivity contribution >= 4 is 23.4 Å². The second-order valence-corrected chi connectivity index (χ2v) is 6.22. The van der Waals surface area contributed by atoms with E-state index in [0.717, 1.165) is 11.6 Å². The van der Waals surface area contributed by atoms with Crippen molar-refractivity contribution in [2.75, 3.05) is 23.8 Å². The van der Waals surface area contributed by atoms with E-state index in [9.17, 15) is 18.4 Å². The van der Waals surface area contributed by atoms with Gasteiger partial charge in [-0.3, -0.25) is 4.79 Å². The van der Waals surface area contributed by atoms with E-state index in [1.807, 2.05) is 18.2 Å². The highest BCUT2D eigenvalue weighted by molar-refractivity contribution is 5.96. The third kappa shape index (κ3) is 4.72. The molecule has 0 saturated carbocycles. The summed E-state index contributed by atoms with van der Waals surface area (Å²) in [6.45, 7) is 2.96. The summed E-state index contributed by atoms with van der Waals surface area (Å²) in [5, 5.41) is 5.45. The zero-order valence-corrected chi connectivity index (χ0v) is 14.7. The average molecular weight is 375 g/mol. The first-order valence-corrected chi connectivity index (χ1v) is 8.45. The zero-order valence-electron chi connectivity index (χ0n) is 14.7. The molecule has 1 aliphatic heterocycles. The summed E-state index contributed by atoms with van der Waals surface area (Å²) in [6.07, 6.45) is -0.345. The van der Waals surface area contributed by atoms with Crippen LogP contribution >= 0.6 is 0 Å². The molecule has 0 aliphatic carbocycles. The van der Waals surface area contributed by atoms with Gasteiger partial charge in [0.05, 0.1) is 12.2 Å². The molecule has 0 bridgehead atoms. The van der Waals surface area contributed by atoms with Gasteiger partial charge in [0.15, 0.2) is 0 Å². The SMILES string of the molecule is C[C@H](Nc1cccc(CN2CCOC2=O)c1)C(=O)Nc1ccc(F)cc1F. The van der Waals surface area contributed by atoms with Crippen molar-refractivity contribution in [2.24, 2.45) is 0 Å². The van der Waals surface area contributed by atoms with E-state index in [4.69, 9.17) is 4.74 Å². The Morgan fingerprint density at radius 2 is 2.07 bits per heavy atom. The van der Waals surface area contributed by atoms with Crippen molar-refractivity contribution in [1.29, 1.82) is 0 Å². The Morgan fingerprint density at radius 3 is 2.78 bits per heavy atom. The van der Waals surface area contributed by atoms with Gasteiger partial charge in [0, 0.05) is 18.3 Å². The van der Waals surface area contributed by atoms with Crippen LogP contribution in [-0.2, 0) is 16.1 Å². The summed E-state index contributed by atoms with van der Waals surface area (Å²) < 4.78 is 31.5. The molecule has 3 rings (SSSR count). The number of benzene rings is 2. The molecular weight excluding hydrogens is 356 g/mol. The first-order valence-electron chi connectivity index (χ1n) is 8.45. The van der Waals surface area contributed by atoms with E-state index in [0.29, 0.717) is 31.5 Å². The predicted octanol–water partition coefficient (Wildman–Crippen LogP) is 3.36. The van der Waals surface area contributed by atoms with Crippen LogP contribution in [0.25, 0.3) is 0 Å². The first kappa shape index (κ1) is 18.6. The number of ether oxygens (including phenoxy) is 1. The van der Waals surface area contributed by atoms with E-state index in [1.54, 1.807) is 17.9 Å². The van der Waals surface area contributed by atoms with Crippen molar-refractivity contribution in [2.45, 2.75) is 19.5 Å². The Kier molecular flexibility index (Phi) is 5.54. The topological polar surface area (TPSA) is 70.7 Å². The Morgan fingerprint density at radius 1 is 1.26 bits per heavy atom. The summed E-state index contributed by atoms with van der Waals surface area (Å²) in [6, 6.07) is 9.58. The van der Waals surface area contributed by atoms with E-state index in [1.165, 1.54) is 6.07 Å². The normalized spacial score (nSPS) is 14.6. The maximum absolute atomic E-state index is 13.7.